The number of hydrogen-bond donors (Lipinski definition) is 3. The van der Waals surface area contributed by atoms with Crippen LogP contribution in [-0.4, -0.2) is 37.0 Å². The van der Waals surface area contributed by atoms with E-state index in [-0.39, 0.29) is 5.69 Å². The molecule has 2 aromatic rings. The summed E-state index contributed by atoms with van der Waals surface area (Å²) in [6, 6.07) is 11.2. The van der Waals surface area contributed by atoms with Gasteiger partial charge in [0.2, 0.25) is 0 Å². The topological polar surface area (TPSA) is 114 Å². The number of anilines is 1. The van der Waals surface area contributed by atoms with Crippen LogP contribution in [0, 0.1) is 12.7 Å². The van der Waals surface area contributed by atoms with E-state index in [4.69, 9.17) is 0 Å². The van der Waals surface area contributed by atoms with Gasteiger partial charge < -0.3 is 15.4 Å². The van der Waals surface area contributed by atoms with E-state index in [1.165, 1.54) is 18.2 Å². The second kappa shape index (κ2) is 9.81. The maximum absolute atomic E-state index is 13.4. The fourth-order valence-electron chi connectivity index (χ4n) is 2.04. The van der Waals surface area contributed by atoms with Crippen LogP contribution in [0.5, 0.6) is 0 Å². The number of carbonyl (C=O) groups excluding carboxylic acids is 4. The normalized spacial score (nSPS) is 9.93. The molecule has 0 fully saturated rings. The van der Waals surface area contributed by atoms with E-state index in [2.05, 4.69) is 15.4 Å². The van der Waals surface area contributed by atoms with Crippen LogP contribution < -0.4 is 16.0 Å². The van der Waals surface area contributed by atoms with E-state index in [0.29, 0.717) is 5.56 Å². The zero-order chi connectivity index (χ0) is 20.5. The molecule has 0 atom stereocenters. The highest BCUT2D eigenvalue weighted by Gasteiger charge is 2.13. The van der Waals surface area contributed by atoms with E-state index in [0.717, 1.165) is 11.6 Å². The van der Waals surface area contributed by atoms with Crippen molar-refractivity contribution < 1.29 is 28.3 Å². The lowest BCUT2D eigenvalue weighted by Gasteiger charge is -2.08. The zero-order valence-electron chi connectivity index (χ0n) is 15.0. The van der Waals surface area contributed by atoms with Crippen LogP contribution in [0.25, 0.3) is 0 Å². The Morgan fingerprint density at radius 1 is 1.00 bits per heavy atom. The molecular formula is C19H18FN3O5. The van der Waals surface area contributed by atoms with Crippen molar-refractivity contribution >= 4 is 29.5 Å². The number of hydrogen-bond acceptors (Lipinski definition) is 5. The van der Waals surface area contributed by atoms with Gasteiger partial charge in [0.15, 0.2) is 6.61 Å². The number of carbonyl (C=O) groups is 4. The minimum Gasteiger partial charge on any atom is -0.454 e. The van der Waals surface area contributed by atoms with Crippen molar-refractivity contribution in [2.75, 3.05) is 18.5 Å². The summed E-state index contributed by atoms with van der Waals surface area (Å²) in [5, 5.41) is 6.39. The standard InChI is InChI=1S/C19H18FN3O5/c1-12-6-8-13(9-7-12)18(26)21-10-17(25)28-11-16(24)23-19(27)22-15-5-3-2-4-14(15)20/h2-9H,10-11H2,1H3,(H,21,26)(H2,22,23,24,27). The summed E-state index contributed by atoms with van der Waals surface area (Å²) < 4.78 is 18.1. The zero-order valence-corrected chi connectivity index (χ0v) is 15.0. The Labute approximate surface area is 160 Å². The molecule has 0 aliphatic rings. The molecule has 2 aromatic carbocycles. The van der Waals surface area contributed by atoms with Crippen LogP contribution in [0.3, 0.4) is 0 Å². The summed E-state index contributed by atoms with van der Waals surface area (Å²) >= 11 is 0. The Bertz CT molecular complexity index is 883. The van der Waals surface area contributed by atoms with Crippen LogP contribution in [0.1, 0.15) is 15.9 Å². The number of aryl methyl sites for hydroxylation is 1. The van der Waals surface area contributed by atoms with Gasteiger partial charge in [0.1, 0.15) is 12.4 Å². The predicted molar refractivity (Wildman–Crippen MR) is 98.0 cm³/mol. The maximum Gasteiger partial charge on any atom is 0.326 e. The van der Waals surface area contributed by atoms with Crippen LogP contribution in [0.4, 0.5) is 14.9 Å². The number of rotatable bonds is 6. The van der Waals surface area contributed by atoms with Crippen LogP contribution in [0.15, 0.2) is 48.5 Å². The quantitative estimate of drug-likeness (QED) is 0.654. The highest BCUT2D eigenvalue weighted by Crippen LogP contribution is 2.11. The van der Waals surface area contributed by atoms with Crippen molar-refractivity contribution in [3.05, 3.63) is 65.5 Å². The van der Waals surface area contributed by atoms with Gasteiger partial charge in [-0.05, 0) is 31.2 Å². The average molecular weight is 387 g/mol. The smallest absolute Gasteiger partial charge is 0.326 e. The summed E-state index contributed by atoms with van der Waals surface area (Å²) in [7, 11) is 0. The largest absolute Gasteiger partial charge is 0.454 e. The second-order valence-corrected chi connectivity index (χ2v) is 5.69. The SMILES string of the molecule is Cc1ccc(C(=O)NCC(=O)OCC(=O)NC(=O)Nc2ccccc2F)cc1. The first-order valence-electron chi connectivity index (χ1n) is 8.21. The lowest BCUT2D eigenvalue weighted by atomic mass is 10.1. The molecule has 0 aromatic heterocycles. The molecule has 0 heterocycles. The Hall–Kier alpha value is -3.75. The van der Waals surface area contributed by atoms with Crippen molar-refractivity contribution in [2.45, 2.75) is 6.92 Å². The molecule has 0 unspecified atom stereocenters. The minimum absolute atomic E-state index is 0.108. The molecule has 146 valence electrons. The Balaban J connectivity index is 1.69. The molecule has 2 rings (SSSR count). The molecule has 0 bridgehead atoms. The summed E-state index contributed by atoms with van der Waals surface area (Å²) in [6.07, 6.45) is 0. The highest BCUT2D eigenvalue weighted by atomic mass is 19.1. The van der Waals surface area contributed by atoms with Gasteiger partial charge in [-0.25, -0.2) is 9.18 Å². The number of halogens is 1. The second-order valence-electron chi connectivity index (χ2n) is 5.69. The Kier molecular flexibility index (Phi) is 7.21. The van der Waals surface area contributed by atoms with Gasteiger partial charge in [-0.1, -0.05) is 29.8 Å². The van der Waals surface area contributed by atoms with E-state index in [1.54, 1.807) is 24.3 Å². The number of esters is 1. The first kappa shape index (κ1) is 20.6. The van der Waals surface area contributed by atoms with Gasteiger partial charge >= 0.3 is 12.0 Å². The summed E-state index contributed by atoms with van der Waals surface area (Å²) in [5.41, 5.74) is 1.26. The number of urea groups is 1. The van der Waals surface area contributed by atoms with Crippen LogP contribution in [0.2, 0.25) is 0 Å². The van der Waals surface area contributed by atoms with Gasteiger partial charge in [0, 0.05) is 5.56 Å². The van der Waals surface area contributed by atoms with Gasteiger partial charge in [-0.3, -0.25) is 19.7 Å². The number of ether oxygens (including phenoxy) is 1. The highest BCUT2D eigenvalue weighted by molar-refractivity contribution is 6.02. The molecule has 0 saturated carbocycles. The molecule has 28 heavy (non-hydrogen) atoms. The molecule has 4 amide bonds. The molecule has 0 saturated heterocycles. The van der Waals surface area contributed by atoms with Crippen LogP contribution >= 0.6 is 0 Å². The molecule has 0 aliphatic carbocycles. The predicted octanol–water partition coefficient (Wildman–Crippen LogP) is 1.76. The number of nitrogens with one attached hydrogen (secondary N) is 3. The van der Waals surface area contributed by atoms with Gasteiger partial charge in [0.05, 0.1) is 5.69 Å². The lowest BCUT2D eigenvalue weighted by Crippen LogP contribution is -2.38. The van der Waals surface area contributed by atoms with E-state index < -0.39 is 42.8 Å². The van der Waals surface area contributed by atoms with Crippen molar-refractivity contribution in [3.63, 3.8) is 0 Å². The number of amides is 4. The van der Waals surface area contributed by atoms with E-state index in [1.807, 2.05) is 12.2 Å². The van der Waals surface area contributed by atoms with Crippen LogP contribution in [-0.2, 0) is 14.3 Å². The molecule has 3 N–H and O–H groups in total. The van der Waals surface area contributed by atoms with E-state index >= 15 is 0 Å². The minimum atomic E-state index is -0.973. The van der Waals surface area contributed by atoms with Crippen molar-refractivity contribution in [2.24, 2.45) is 0 Å². The third kappa shape index (κ3) is 6.52. The summed E-state index contributed by atoms with van der Waals surface area (Å²) in [5.74, 6) is -2.90. The molecule has 8 nitrogen and oxygen atoms in total. The fraction of sp³-hybridized carbons (Fsp3) is 0.158. The van der Waals surface area contributed by atoms with E-state index in [9.17, 15) is 23.6 Å². The summed E-state index contributed by atoms with van der Waals surface area (Å²) in [6.45, 7) is 0.700. The third-order valence-corrected chi connectivity index (χ3v) is 3.45. The molecule has 0 radical (unpaired) electrons. The number of benzene rings is 2. The molecule has 0 spiro atoms. The third-order valence-electron chi connectivity index (χ3n) is 3.45. The van der Waals surface area contributed by atoms with Crippen molar-refractivity contribution in [1.29, 1.82) is 0 Å². The summed E-state index contributed by atoms with van der Waals surface area (Å²) in [4.78, 5) is 46.7. The van der Waals surface area contributed by atoms with Crippen molar-refractivity contribution in [1.82, 2.24) is 10.6 Å². The van der Waals surface area contributed by atoms with Gasteiger partial charge in [0.25, 0.3) is 11.8 Å². The first-order valence-corrected chi connectivity index (χ1v) is 8.21. The van der Waals surface area contributed by atoms with Crippen molar-refractivity contribution in [3.8, 4) is 0 Å². The van der Waals surface area contributed by atoms with Gasteiger partial charge in [-0.15, -0.1) is 0 Å². The lowest BCUT2D eigenvalue weighted by molar-refractivity contribution is -0.147. The monoisotopic (exact) mass is 387 g/mol. The Morgan fingerprint density at radius 2 is 1.68 bits per heavy atom. The fourth-order valence-corrected chi connectivity index (χ4v) is 2.04. The number of para-hydroxylation sites is 1. The van der Waals surface area contributed by atoms with Gasteiger partial charge in [-0.2, -0.15) is 0 Å². The molecule has 0 aliphatic heterocycles. The molecule has 9 heteroatoms. The molecular weight excluding hydrogens is 369 g/mol. The Morgan fingerprint density at radius 3 is 2.36 bits per heavy atom. The average Bonchev–Trinajstić information content (AvgIpc) is 2.66. The maximum atomic E-state index is 13.4. The first-order chi connectivity index (χ1) is 13.3. The number of imide groups is 1.